The highest BCUT2D eigenvalue weighted by molar-refractivity contribution is 5.69. The van der Waals surface area contributed by atoms with Crippen molar-refractivity contribution in [1.82, 2.24) is 19.6 Å². The van der Waals surface area contributed by atoms with Gasteiger partial charge in [-0.1, -0.05) is 13.8 Å². The number of hydrogen-bond acceptors (Lipinski definition) is 9. The van der Waals surface area contributed by atoms with E-state index in [4.69, 9.17) is 4.74 Å². The third kappa shape index (κ3) is 12.5. The average molecular weight is 475 g/mol. The van der Waals surface area contributed by atoms with Crippen LogP contribution in [0.3, 0.4) is 0 Å². The van der Waals surface area contributed by atoms with Gasteiger partial charge < -0.3 is 20.1 Å². The Labute approximate surface area is 194 Å². The Hall–Kier alpha value is -2.28. The van der Waals surface area contributed by atoms with E-state index in [1.54, 1.807) is 9.80 Å². The maximum atomic E-state index is 11.5. The fraction of sp³-hybridized carbons (Fsp3) is 0.810. The van der Waals surface area contributed by atoms with E-state index in [0.717, 1.165) is 0 Å². The van der Waals surface area contributed by atoms with E-state index in [-0.39, 0.29) is 38.3 Å². The van der Waals surface area contributed by atoms with Crippen LogP contribution in [0.25, 0.3) is 0 Å². The minimum atomic E-state index is -0.964. The summed E-state index contributed by atoms with van der Waals surface area (Å²) in [7, 11) is 0. The van der Waals surface area contributed by atoms with Crippen molar-refractivity contribution in [2.75, 3.05) is 72.2 Å². The van der Waals surface area contributed by atoms with E-state index in [1.807, 2.05) is 23.6 Å². The first-order valence-corrected chi connectivity index (χ1v) is 11.2. The molecule has 33 heavy (non-hydrogen) atoms. The molecule has 0 spiro atoms. The molecule has 1 unspecified atom stereocenters. The van der Waals surface area contributed by atoms with Crippen LogP contribution in [0.4, 0.5) is 0 Å². The van der Waals surface area contributed by atoms with Gasteiger partial charge in [-0.15, -0.1) is 0 Å². The lowest BCUT2D eigenvalue weighted by Gasteiger charge is -2.38. The highest BCUT2D eigenvalue weighted by Crippen LogP contribution is 2.15. The molecule has 0 bridgehead atoms. The highest BCUT2D eigenvalue weighted by atomic mass is 16.5. The molecule has 1 aliphatic heterocycles. The lowest BCUT2D eigenvalue weighted by atomic mass is 10.0. The van der Waals surface area contributed by atoms with Crippen molar-refractivity contribution in [3.05, 3.63) is 0 Å². The van der Waals surface area contributed by atoms with Gasteiger partial charge in [0.1, 0.15) is 6.73 Å². The summed E-state index contributed by atoms with van der Waals surface area (Å²) in [6.45, 7) is 7.21. The van der Waals surface area contributed by atoms with Gasteiger partial charge in [0.25, 0.3) is 6.47 Å². The second-order valence-corrected chi connectivity index (χ2v) is 8.69. The van der Waals surface area contributed by atoms with E-state index >= 15 is 0 Å². The summed E-state index contributed by atoms with van der Waals surface area (Å²) in [5, 5.41) is 27.9. The molecule has 0 amide bonds. The molecule has 0 radical (unpaired) electrons. The number of ether oxygens (including phenoxy) is 1. The lowest BCUT2D eigenvalue weighted by Crippen LogP contribution is -2.51. The van der Waals surface area contributed by atoms with E-state index in [9.17, 15) is 34.5 Å². The quantitative estimate of drug-likeness (QED) is 0.347. The van der Waals surface area contributed by atoms with Crippen LogP contribution < -0.4 is 0 Å². The molecule has 1 atom stereocenters. The van der Waals surface area contributed by atoms with E-state index in [2.05, 4.69) is 0 Å². The molecule has 12 heteroatoms. The van der Waals surface area contributed by atoms with Gasteiger partial charge in [-0.05, 0) is 18.8 Å². The molecular formula is C21H38N4O8. The number of carboxylic acid groups (broad SMARTS) is 3. The number of aliphatic carboxylic acids is 3. The molecule has 0 saturated carbocycles. The van der Waals surface area contributed by atoms with Gasteiger partial charge in [0.2, 0.25) is 0 Å². The smallest absolute Gasteiger partial charge is 0.317 e. The third-order valence-electron chi connectivity index (χ3n) is 5.67. The van der Waals surface area contributed by atoms with Crippen LogP contribution >= 0.6 is 0 Å². The third-order valence-corrected chi connectivity index (χ3v) is 5.67. The average Bonchev–Trinajstić information content (AvgIpc) is 2.70. The van der Waals surface area contributed by atoms with Gasteiger partial charge in [0, 0.05) is 51.9 Å². The van der Waals surface area contributed by atoms with Crippen LogP contribution in [0, 0.1) is 5.92 Å². The first kappa shape index (κ1) is 28.8. The van der Waals surface area contributed by atoms with E-state index in [0.29, 0.717) is 65.1 Å². The molecule has 190 valence electrons. The molecule has 0 aromatic rings. The first-order valence-electron chi connectivity index (χ1n) is 11.2. The molecule has 0 aromatic carbocycles. The Kier molecular flexibility index (Phi) is 13.5. The molecule has 1 heterocycles. The summed E-state index contributed by atoms with van der Waals surface area (Å²) in [5.41, 5.74) is 0. The molecule has 1 saturated heterocycles. The summed E-state index contributed by atoms with van der Waals surface area (Å²) in [5.74, 6) is -2.74. The number of hydrogen-bond donors (Lipinski definition) is 3. The van der Waals surface area contributed by atoms with Crippen molar-refractivity contribution in [3.63, 3.8) is 0 Å². The SMILES string of the molecule is CC(C)C1CN(COC=O)CCCN(CC(=O)O)CCN(CC(=O)O)CCCN1CC(=O)O. The Morgan fingerprint density at radius 2 is 1.30 bits per heavy atom. The minimum absolute atomic E-state index is 0.0684. The van der Waals surface area contributed by atoms with Gasteiger partial charge >= 0.3 is 17.9 Å². The summed E-state index contributed by atoms with van der Waals surface area (Å²) in [6, 6.07) is -0.123. The second kappa shape index (κ2) is 15.5. The van der Waals surface area contributed by atoms with Crippen molar-refractivity contribution in [2.24, 2.45) is 5.92 Å². The van der Waals surface area contributed by atoms with E-state index < -0.39 is 17.9 Å². The monoisotopic (exact) mass is 474 g/mol. The van der Waals surface area contributed by atoms with Crippen molar-refractivity contribution in [1.29, 1.82) is 0 Å². The molecule has 3 N–H and O–H groups in total. The van der Waals surface area contributed by atoms with Gasteiger partial charge in [-0.25, -0.2) is 0 Å². The molecule has 0 aromatic heterocycles. The van der Waals surface area contributed by atoms with Crippen molar-refractivity contribution in [3.8, 4) is 0 Å². The number of carbonyl (C=O) groups is 4. The summed E-state index contributed by atoms with van der Waals surface area (Å²) >= 11 is 0. The molecule has 1 rings (SSSR count). The molecule has 1 fully saturated rings. The Morgan fingerprint density at radius 1 is 0.818 bits per heavy atom. The number of carboxylic acids is 3. The van der Waals surface area contributed by atoms with Crippen LogP contribution in [0.15, 0.2) is 0 Å². The fourth-order valence-electron chi connectivity index (χ4n) is 4.11. The normalized spacial score (nSPS) is 21.4. The molecule has 0 aliphatic carbocycles. The standard InChI is InChI=1S/C21H38N4O8/c1-17(2)18-11-24(15-33-16-26)7-3-5-22(12-19(27)28)9-10-23(13-20(29)30)6-4-8-25(18)14-21(31)32/h16-18H,3-15H2,1-2H3,(H,27,28)(H,29,30)(H,31,32). The van der Waals surface area contributed by atoms with E-state index in [1.165, 1.54) is 0 Å². The minimum Gasteiger partial charge on any atom is -0.480 e. The van der Waals surface area contributed by atoms with Crippen LogP contribution in [0.5, 0.6) is 0 Å². The largest absolute Gasteiger partial charge is 0.480 e. The Bertz CT molecular complexity index is 633. The van der Waals surface area contributed by atoms with Gasteiger partial charge in [0.05, 0.1) is 19.6 Å². The van der Waals surface area contributed by atoms with Crippen molar-refractivity contribution in [2.45, 2.75) is 32.7 Å². The van der Waals surface area contributed by atoms with Crippen LogP contribution in [0.1, 0.15) is 26.7 Å². The molecule has 12 nitrogen and oxygen atoms in total. The van der Waals surface area contributed by atoms with Gasteiger partial charge in [-0.3, -0.25) is 38.8 Å². The van der Waals surface area contributed by atoms with Crippen molar-refractivity contribution < 1.29 is 39.2 Å². The Morgan fingerprint density at radius 3 is 1.76 bits per heavy atom. The predicted octanol–water partition coefficient (Wildman–Crippen LogP) is -0.603. The fourth-order valence-corrected chi connectivity index (χ4v) is 4.11. The summed E-state index contributed by atoms with van der Waals surface area (Å²) < 4.78 is 4.97. The maximum Gasteiger partial charge on any atom is 0.317 e. The zero-order valence-corrected chi connectivity index (χ0v) is 19.6. The summed E-state index contributed by atoms with van der Waals surface area (Å²) in [4.78, 5) is 52.2. The molecule has 1 aliphatic rings. The van der Waals surface area contributed by atoms with Crippen LogP contribution in [0.2, 0.25) is 0 Å². The lowest BCUT2D eigenvalue weighted by molar-refractivity contribution is -0.140. The van der Waals surface area contributed by atoms with Crippen LogP contribution in [-0.4, -0.2) is 138 Å². The van der Waals surface area contributed by atoms with Crippen LogP contribution in [-0.2, 0) is 23.9 Å². The Balaban J connectivity index is 3.10. The zero-order chi connectivity index (χ0) is 24.8. The van der Waals surface area contributed by atoms with Gasteiger partial charge in [0.15, 0.2) is 0 Å². The molecular weight excluding hydrogens is 436 g/mol. The van der Waals surface area contributed by atoms with Gasteiger partial charge in [-0.2, -0.15) is 0 Å². The number of nitrogens with zero attached hydrogens (tertiary/aromatic N) is 4. The zero-order valence-electron chi connectivity index (χ0n) is 19.6. The number of carbonyl (C=O) groups excluding carboxylic acids is 1. The summed E-state index contributed by atoms with van der Waals surface area (Å²) in [6.07, 6.45) is 1.17. The predicted molar refractivity (Wildman–Crippen MR) is 119 cm³/mol. The van der Waals surface area contributed by atoms with Crippen molar-refractivity contribution >= 4 is 24.4 Å². The maximum absolute atomic E-state index is 11.5. The number of rotatable bonds is 10. The first-order chi connectivity index (χ1) is 15.6. The highest BCUT2D eigenvalue weighted by Gasteiger charge is 2.27. The topological polar surface area (TPSA) is 151 Å². The second-order valence-electron chi connectivity index (χ2n) is 8.69.